The van der Waals surface area contributed by atoms with Crippen LogP contribution in [0.4, 0.5) is 23.7 Å². The van der Waals surface area contributed by atoms with Gasteiger partial charge in [0.2, 0.25) is 5.91 Å². The molecule has 3 amide bonds. The summed E-state index contributed by atoms with van der Waals surface area (Å²) in [7, 11) is -2.94. The molecule has 0 aliphatic carbocycles. The van der Waals surface area contributed by atoms with Crippen molar-refractivity contribution < 1.29 is 41.5 Å². The maximum Gasteiger partial charge on any atom is 0.415 e. The second-order valence-electron chi connectivity index (χ2n) is 12.8. The molecular formula is C31H43F3N4O7Si. The predicted molar refractivity (Wildman–Crippen MR) is 169 cm³/mol. The van der Waals surface area contributed by atoms with Crippen LogP contribution in [0.5, 0.6) is 0 Å². The molecule has 2 aromatic rings. The summed E-state index contributed by atoms with van der Waals surface area (Å²) in [4.78, 5) is 63.4. The van der Waals surface area contributed by atoms with E-state index in [4.69, 9.17) is 9.16 Å². The maximum absolute atomic E-state index is 14.3. The van der Waals surface area contributed by atoms with Gasteiger partial charge in [-0.2, -0.15) is 13.2 Å². The Balaban J connectivity index is 2.39. The Bertz CT molecular complexity index is 1450. The zero-order chi connectivity index (χ0) is 35.0. The fraction of sp³-hybridized carbons (Fsp3) is 0.516. The average molecular weight is 669 g/mol. The van der Waals surface area contributed by atoms with Crippen molar-refractivity contribution in [3.05, 3.63) is 64.1 Å². The van der Waals surface area contributed by atoms with Crippen LogP contribution in [-0.4, -0.2) is 61.4 Å². The molecule has 11 nitrogen and oxygen atoms in total. The fourth-order valence-corrected chi connectivity index (χ4v) is 5.25. The number of amides is 3. The van der Waals surface area contributed by atoms with Gasteiger partial charge in [-0.1, -0.05) is 65.0 Å². The Morgan fingerprint density at radius 2 is 1.61 bits per heavy atom. The molecule has 0 radical (unpaired) electrons. The van der Waals surface area contributed by atoms with Crippen LogP contribution < -0.4 is 21.5 Å². The summed E-state index contributed by atoms with van der Waals surface area (Å²) in [6.07, 6.45) is -7.11. The van der Waals surface area contributed by atoms with Gasteiger partial charge in [-0.25, -0.2) is 4.79 Å². The lowest BCUT2D eigenvalue weighted by atomic mass is 9.98. The highest BCUT2D eigenvalue weighted by molar-refractivity contribution is 6.74. The molecular weight excluding hydrogens is 625 g/mol. The molecule has 0 spiro atoms. The number of nitrogens with zero attached hydrogens (tertiary/aromatic N) is 1. The topological polar surface area (TPSA) is 145 Å². The number of hydrogen-bond acceptors (Lipinski definition) is 7. The minimum Gasteiger partial charge on any atom is -0.444 e. The lowest BCUT2D eigenvalue weighted by Gasteiger charge is -2.42. The van der Waals surface area contributed by atoms with Crippen LogP contribution in [0.1, 0.15) is 57.5 Å². The molecule has 1 heterocycles. The van der Waals surface area contributed by atoms with Gasteiger partial charge in [-0.05, 0) is 42.6 Å². The third-order valence-electron chi connectivity index (χ3n) is 7.58. The Hall–Kier alpha value is -3.98. The first-order valence-corrected chi connectivity index (χ1v) is 17.6. The molecule has 0 fully saturated rings. The van der Waals surface area contributed by atoms with E-state index in [0.29, 0.717) is 5.56 Å². The van der Waals surface area contributed by atoms with Crippen LogP contribution in [0, 0.1) is 5.92 Å². The average Bonchev–Trinajstić information content (AvgIpc) is 2.94. The number of nitrogens with one attached hydrogen (secondary N) is 3. The zero-order valence-corrected chi connectivity index (χ0v) is 28.3. The van der Waals surface area contributed by atoms with Crippen molar-refractivity contribution >= 4 is 37.7 Å². The summed E-state index contributed by atoms with van der Waals surface area (Å²) in [6, 6.07) is 8.28. The van der Waals surface area contributed by atoms with Crippen LogP contribution in [0.25, 0.3) is 0 Å². The zero-order valence-electron chi connectivity index (χ0n) is 27.3. The van der Waals surface area contributed by atoms with Crippen molar-refractivity contribution in [2.45, 2.75) is 91.1 Å². The number of Topliss-reactive ketones (excluding diaryl/α,β-unsaturated/α-hetero) is 1. The standard InChI is InChI=1S/C31H43F3N4O7Si/c1-19(2)24(26(31(32,33)34)45-46(7,8)30(4,5)6)36-23(40)17-38-15-14-22(27(41)35-16-20(3)39)25(28(38)42)37-29(43)44-18-21-12-10-9-11-13-21/h9-15,19,24,26H,16-18H2,1-8H3,(H,35,41)(H,36,40)(H,37,43). The number of rotatable bonds is 13. The molecule has 2 rings (SSSR count). The molecule has 46 heavy (non-hydrogen) atoms. The minimum absolute atomic E-state index is 0.157. The lowest BCUT2D eigenvalue weighted by molar-refractivity contribution is -0.210. The van der Waals surface area contributed by atoms with E-state index in [-0.39, 0.29) is 24.5 Å². The van der Waals surface area contributed by atoms with Gasteiger partial charge >= 0.3 is 12.3 Å². The third-order valence-corrected chi connectivity index (χ3v) is 12.0. The first-order chi connectivity index (χ1) is 21.1. The van der Waals surface area contributed by atoms with Gasteiger partial charge in [-0.15, -0.1) is 0 Å². The molecule has 2 unspecified atom stereocenters. The summed E-state index contributed by atoms with van der Waals surface area (Å²) in [5, 5.41) is 6.41. The molecule has 0 bridgehead atoms. The number of ketones is 1. The number of benzene rings is 1. The number of halogens is 3. The highest BCUT2D eigenvalue weighted by Crippen LogP contribution is 2.41. The van der Waals surface area contributed by atoms with Crippen LogP contribution in [0.15, 0.2) is 47.4 Å². The molecule has 0 aliphatic heterocycles. The number of pyridine rings is 1. The Morgan fingerprint density at radius 3 is 2.13 bits per heavy atom. The molecule has 0 aliphatic rings. The van der Waals surface area contributed by atoms with Crippen molar-refractivity contribution in [2.24, 2.45) is 5.92 Å². The number of ether oxygens (including phenoxy) is 1. The highest BCUT2D eigenvalue weighted by atomic mass is 28.4. The quantitative estimate of drug-likeness (QED) is 0.255. The third kappa shape index (κ3) is 10.8. The van der Waals surface area contributed by atoms with E-state index in [2.05, 4.69) is 16.0 Å². The molecule has 2 atom stereocenters. The number of aromatic nitrogens is 1. The summed E-state index contributed by atoms with van der Waals surface area (Å²) in [5.41, 5.74) is -1.23. The maximum atomic E-state index is 14.3. The number of anilines is 1. The van der Waals surface area contributed by atoms with E-state index >= 15 is 0 Å². The minimum atomic E-state index is -4.80. The molecule has 254 valence electrons. The Morgan fingerprint density at radius 1 is 1.00 bits per heavy atom. The number of carbonyl (C=O) groups excluding carboxylic acids is 4. The smallest absolute Gasteiger partial charge is 0.415 e. The molecule has 15 heteroatoms. The van der Waals surface area contributed by atoms with Gasteiger partial charge in [0.15, 0.2) is 14.4 Å². The van der Waals surface area contributed by atoms with Gasteiger partial charge in [0.25, 0.3) is 11.5 Å². The molecule has 1 aromatic heterocycles. The van der Waals surface area contributed by atoms with Gasteiger partial charge in [0.1, 0.15) is 24.6 Å². The normalized spacial score (nSPS) is 13.5. The largest absolute Gasteiger partial charge is 0.444 e. The van der Waals surface area contributed by atoms with E-state index in [9.17, 15) is 37.1 Å². The van der Waals surface area contributed by atoms with E-state index in [1.807, 2.05) is 0 Å². The predicted octanol–water partition coefficient (Wildman–Crippen LogP) is 5.01. The van der Waals surface area contributed by atoms with Gasteiger partial charge in [0.05, 0.1) is 18.2 Å². The van der Waals surface area contributed by atoms with E-state index in [1.165, 1.54) is 20.8 Å². The summed E-state index contributed by atoms with van der Waals surface area (Å²) < 4.78 is 54.8. The van der Waals surface area contributed by atoms with Crippen molar-refractivity contribution in [2.75, 3.05) is 11.9 Å². The van der Waals surface area contributed by atoms with Crippen LogP contribution in [-0.2, 0) is 31.9 Å². The molecule has 0 saturated carbocycles. The van der Waals surface area contributed by atoms with Crippen LogP contribution in [0.3, 0.4) is 0 Å². The van der Waals surface area contributed by atoms with Crippen molar-refractivity contribution in [3.8, 4) is 0 Å². The SMILES string of the molecule is CC(=O)CNC(=O)c1ccn(CC(=O)NC(C(C)C)C(O[Si](C)(C)C(C)(C)C)C(F)(F)F)c(=O)c1NC(=O)OCc1ccccc1. The van der Waals surface area contributed by atoms with Crippen molar-refractivity contribution in [3.63, 3.8) is 0 Å². The van der Waals surface area contributed by atoms with E-state index in [1.54, 1.807) is 64.2 Å². The first-order valence-electron chi connectivity index (χ1n) is 14.7. The van der Waals surface area contributed by atoms with Crippen molar-refractivity contribution in [1.29, 1.82) is 0 Å². The van der Waals surface area contributed by atoms with E-state index in [0.717, 1.165) is 16.8 Å². The second kappa shape index (κ2) is 15.5. The van der Waals surface area contributed by atoms with Crippen LogP contribution >= 0.6 is 0 Å². The van der Waals surface area contributed by atoms with Gasteiger partial charge in [-0.3, -0.25) is 24.5 Å². The lowest BCUT2D eigenvalue weighted by Crippen LogP contribution is -2.59. The fourth-order valence-electron chi connectivity index (χ4n) is 3.99. The summed E-state index contributed by atoms with van der Waals surface area (Å²) >= 11 is 0. The Labute approximate surface area is 267 Å². The Kier molecular flexibility index (Phi) is 12.9. The summed E-state index contributed by atoms with van der Waals surface area (Å²) in [6.45, 7) is 11.8. The van der Waals surface area contributed by atoms with Crippen LogP contribution in [0.2, 0.25) is 18.1 Å². The first kappa shape index (κ1) is 38.2. The number of alkyl halides is 3. The second-order valence-corrected chi connectivity index (χ2v) is 17.5. The molecule has 0 saturated heterocycles. The monoisotopic (exact) mass is 668 g/mol. The van der Waals surface area contributed by atoms with Gasteiger partial charge in [0, 0.05) is 6.20 Å². The summed E-state index contributed by atoms with van der Waals surface area (Å²) in [5.74, 6) is -2.87. The molecule has 3 N–H and O–H groups in total. The van der Waals surface area contributed by atoms with E-state index < -0.39 is 73.3 Å². The van der Waals surface area contributed by atoms with Crippen molar-refractivity contribution in [1.82, 2.24) is 15.2 Å². The van der Waals surface area contributed by atoms with Gasteiger partial charge < -0.3 is 24.4 Å². The highest BCUT2D eigenvalue weighted by Gasteiger charge is 2.52. The molecule has 1 aromatic carbocycles. The number of hydrogen-bond donors (Lipinski definition) is 3. The number of carbonyl (C=O) groups is 4.